The molecule has 1 unspecified atom stereocenters. The lowest BCUT2D eigenvalue weighted by molar-refractivity contribution is -0.750. The molecule has 1 aliphatic heterocycles. The number of nitrogens with zero attached hydrogens (tertiary/aromatic N) is 2. The van der Waals surface area contributed by atoms with Gasteiger partial charge in [0.25, 0.3) is 0 Å². The maximum atomic E-state index is 9.22. The van der Waals surface area contributed by atoms with Crippen molar-refractivity contribution in [2.24, 2.45) is 4.99 Å². The van der Waals surface area contributed by atoms with Gasteiger partial charge in [-0.1, -0.05) is 0 Å². The molecular formula is C7H14N2O4S. The predicted molar refractivity (Wildman–Crippen MR) is 51.3 cm³/mol. The van der Waals surface area contributed by atoms with Crippen LogP contribution in [0.25, 0.3) is 0 Å². The van der Waals surface area contributed by atoms with Crippen molar-refractivity contribution in [1.82, 2.24) is 0 Å². The highest BCUT2D eigenvalue weighted by atomic mass is 32.3. The molecule has 82 valence electrons. The van der Waals surface area contributed by atoms with Gasteiger partial charge in [0.15, 0.2) is 6.34 Å². The van der Waals surface area contributed by atoms with Gasteiger partial charge < -0.3 is 4.55 Å². The highest BCUT2D eigenvalue weighted by Gasteiger charge is 2.18. The maximum Gasteiger partial charge on any atom is 0.217 e. The van der Waals surface area contributed by atoms with Gasteiger partial charge in [0.2, 0.25) is 10.4 Å². The van der Waals surface area contributed by atoms with E-state index in [-0.39, 0.29) is 0 Å². The number of aliphatic imine (C=N–C) groups is 1. The average Bonchev–Trinajstić information content (AvgIpc) is 2.53. The third-order valence-corrected chi connectivity index (χ3v) is 2.09. The number of quaternary nitrogens is 1. The summed E-state index contributed by atoms with van der Waals surface area (Å²) in [6.45, 7) is 5.72. The van der Waals surface area contributed by atoms with E-state index in [1.54, 1.807) is 0 Å². The van der Waals surface area contributed by atoms with Gasteiger partial charge in [0, 0.05) is 0 Å². The Labute approximate surface area is 84.1 Å². The third-order valence-electron chi connectivity index (χ3n) is 1.68. The molecule has 0 fully saturated rings. The molecule has 0 N–H and O–H groups in total. The van der Waals surface area contributed by atoms with Crippen LogP contribution in [0.15, 0.2) is 17.8 Å². The molecule has 0 saturated heterocycles. The van der Waals surface area contributed by atoms with E-state index < -0.39 is 10.4 Å². The lowest BCUT2D eigenvalue weighted by Gasteiger charge is -2.17. The number of hydrogen-bond acceptors (Lipinski definition) is 5. The van der Waals surface area contributed by atoms with Gasteiger partial charge in [-0.3, -0.25) is 8.67 Å². The molecule has 0 aliphatic carbocycles. The predicted octanol–water partition coefficient (Wildman–Crippen LogP) is -0.289. The minimum atomic E-state index is -4.41. The lowest BCUT2D eigenvalue weighted by atomic mass is 10.5. The Balaban J connectivity index is 0.000000255. The summed E-state index contributed by atoms with van der Waals surface area (Å²) in [5.74, 6) is 0. The van der Waals surface area contributed by atoms with E-state index in [4.69, 9.17) is 0 Å². The van der Waals surface area contributed by atoms with E-state index in [9.17, 15) is 13.0 Å². The Kier molecular flexibility index (Phi) is 4.92. The zero-order valence-corrected chi connectivity index (χ0v) is 9.03. The fourth-order valence-electron chi connectivity index (χ4n) is 0.714. The molecule has 0 aromatic rings. The summed E-state index contributed by atoms with van der Waals surface area (Å²) in [5, 5.41) is 0. The minimum Gasteiger partial charge on any atom is -0.726 e. The zero-order valence-electron chi connectivity index (χ0n) is 8.21. The fraction of sp³-hybridized carbons (Fsp3) is 0.571. The first-order chi connectivity index (χ1) is 6.33. The molecule has 0 bridgehead atoms. The third kappa shape index (κ3) is 5.81. The highest BCUT2D eigenvalue weighted by Crippen LogP contribution is 2.03. The summed E-state index contributed by atoms with van der Waals surface area (Å²) in [4.78, 5) is 4.08. The van der Waals surface area contributed by atoms with Crippen LogP contribution < -0.4 is 0 Å². The maximum absolute atomic E-state index is 9.22. The summed E-state index contributed by atoms with van der Waals surface area (Å²) >= 11 is 0. The van der Waals surface area contributed by atoms with Crippen molar-refractivity contribution in [2.45, 2.75) is 0 Å². The van der Waals surface area contributed by atoms with Crippen LogP contribution in [0.1, 0.15) is 0 Å². The van der Waals surface area contributed by atoms with Crippen molar-refractivity contribution in [3.63, 3.8) is 0 Å². The largest absolute Gasteiger partial charge is 0.726 e. The highest BCUT2D eigenvalue weighted by molar-refractivity contribution is 7.80. The Morgan fingerprint density at radius 3 is 2.36 bits per heavy atom. The van der Waals surface area contributed by atoms with Crippen LogP contribution in [0.2, 0.25) is 0 Å². The summed E-state index contributed by atoms with van der Waals surface area (Å²) in [5.41, 5.74) is 0. The summed E-state index contributed by atoms with van der Waals surface area (Å²) in [6, 6.07) is 0. The molecule has 0 amide bonds. The summed E-state index contributed by atoms with van der Waals surface area (Å²) < 4.78 is 31.8. The van der Waals surface area contributed by atoms with E-state index in [1.807, 2.05) is 12.5 Å². The number of rotatable bonds is 2. The molecule has 1 heterocycles. The van der Waals surface area contributed by atoms with Gasteiger partial charge in [-0.25, -0.2) is 13.4 Å². The van der Waals surface area contributed by atoms with Gasteiger partial charge >= 0.3 is 0 Å². The Morgan fingerprint density at radius 1 is 1.71 bits per heavy atom. The Morgan fingerprint density at radius 2 is 2.21 bits per heavy atom. The van der Waals surface area contributed by atoms with Crippen molar-refractivity contribution < 1.29 is 21.6 Å². The quantitative estimate of drug-likeness (QED) is 0.365. The first-order valence-corrected chi connectivity index (χ1v) is 5.17. The van der Waals surface area contributed by atoms with Gasteiger partial charge in [-0.15, -0.1) is 0 Å². The molecule has 1 aliphatic rings. The van der Waals surface area contributed by atoms with Crippen molar-refractivity contribution in [3.8, 4) is 0 Å². The smallest absolute Gasteiger partial charge is 0.217 e. The Bertz CT molecular complexity index is 312. The SMILES string of the molecule is C=C[N+]1(C)C=NCC1.COS(=O)(=O)[O-]. The van der Waals surface area contributed by atoms with Crippen LogP contribution in [0.4, 0.5) is 0 Å². The number of hydrogen-bond donors (Lipinski definition) is 0. The molecule has 7 heteroatoms. The van der Waals surface area contributed by atoms with Crippen LogP contribution in [-0.4, -0.2) is 51.0 Å². The molecule has 1 atom stereocenters. The summed E-state index contributed by atoms with van der Waals surface area (Å²) in [7, 11) is -1.52. The average molecular weight is 222 g/mol. The van der Waals surface area contributed by atoms with Crippen LogP contribution in [0, 0.1) is 0 Å². The zero-order chi connectivity index (χ0) is 11.2. The molecule has 0 spiro atoms. The fourth-order valence-corrected chi connectivity index (χ4v) is 0.714. The van der Waals surface area contributed by atoms with Gasteiger partial charge in [-0.2, -0.15) is 0 Å². The monoisotopic (exact) mass is 222 g/mol. The lowest BCUT2D eigenvalue weighted by Crippen LogP contribution is -2.33. The molecule has 0 aromatic carbocycles. The normalized spacial score (nSPS) is 25.4. The van der Waals surface area contributed by atoms with Crippen LogP contribution in [0.5, 0.6) is 0 Å². The van der Waals surface area contributed by atoms with E-state index in [0.717, 1.165) is 24.7 Å². The van der Waals surface area contributed by atoms with Crippen molar-refractivity contribution in [3.05, 3.63) is 12.8 Å². The molecule has 0 radical (unpaired) electrons. The molecule has 0 saturated carbocycles. The van der Waals surface area contributed by atoms with Crippen molar-refractivity contribution in [1.29, 1.82) is 0 Å². The number of likely N-dealkylation sites (N-methyl/N-ethyl adjacent to an activating group) is 1. The van der Waals surface area contributed by atoms with Crippen LogP contribution in [0.3, 0.4) is 0 Å². The molecular weight excluding hydrogens is 208 g/mol. The van der Waals surface area contributed by atoms with Crippen molar-refractivity contribution >= 4 is 16.7 Å². The molecule has 14 heavy (non-hydrogen) atoms. The first-order valence-electron chi connectivity index (χ1n) is 3.84. The molecule has 6 nitrogen and oxygen atoms in total. The van der Waals surface area contributed by atoms with Gasteiger partial charge in [0.1, 0.15) is 6.54 Å². The van der Waals surface area contributed by atoms with Gasteiger partial charge in [-0.05, 0) is 6.58 Å². The van der Waals surface area contributed by atoms with E-state index >= 15 is 0 Å². The van der Waals surface area contributed by atoms with E-state index in [0.29, 0.717) is 0 Å². The second-order valence-corrected chi connectivity index (χ2v) is 4.00. The second kappa shape index (κ2) is 5.20. The standard InChI is InChI=1S/C6H11N2.CH4O4S/c1-3-8(2)5-4-7-6-8;1-5-6(2,3)4/h3,6H,1,4-5H2,2H3;1H3,(H,2,3,4)/q+1;/p-1. The van der Waals surface area contributed by atoms with Crippen molar-refractivity contribution in [2.75, 3.05) is 27.2 Å². The van der Waals surface area contributed by atoms with Crippen LogP contribution in [-0.2, 0) is 14.6 Å². The summed E-state index contributed by atoms with van der Waals surface area (Å²) in [6.07, 6.45) is 3.82. The Hall–Kier alpha value is -0.760. The van der Waals surface area contributed by atoms with Gasteiger partial charge in [0.05, 0.1) is 26.9 Å². The minimum absolute atomic E-state index is 0.792. The molecule has 1 rings (SSSR count). The topological polar surface area (TPSA) is 78.8 Å². The van der Waals surface area contributed by atoms with Crippen LogP contribution >= 0.6 is 0 Å². The second-order valence-electron chi connectivity index (χ2n) is 2.85. The first kappa shape index (κ1) is 13.2. The van der Waals surface area contributed by atoms with E-state index in [2.05, 4.69) is 22.8 Å². The molecule has 0 aromatic heterocycles. The van der Waals surface area contributed by atoms with E-state index in [1.165, 1.54) is 0 Å².